The molecule has 2 aromatic carbocycles. The Bertz CT molecular complexity index is 1180. The van der Waals surface area contributed by atoms with Crippen molar-refractivity contribution in [2.24, 2.45) is 5.10 Å². The number of hydrazone groups is 1. The minimum atomic E-state index is -0.855. The Morgan fingerprint density at radius 2 is 1.94 bits per heavy atom. The van der Waals surface area contributed by atoms with Crippen LogP contribution in [-0.4, -0.2) is 28.0 Å². The van der Waals surface area contributed by atoms with E-state index in [9.17, 15) is 9.18 Å². The van der Waals surface area contributed by atoms with Gasteiger partial charge < -0.3 is 4.74 Å². The Hall–Kier alpha value is -3.56. The molecule has 0 aliphatic heterocycles. The molecule has 33 heavy (non-hydrogen) atoms. The zero-order valence-corrected chi connectivity index (χ0v) is 19.1. The van der Waals surface area contributed by atoms with Gasteiger partial charge in [-0.3, -0.25) is 4.89 Å². The predicted molar refractivity (Wildman–Crippen MR) is 121 cm³/mol. The number of hydrogen-bond donors (Lipinski definition) is 0. The summed E-state index contributed by atoms with van der Waals surface area (Å²) < 4.78 is 19.7. The van der Waals surface area contributed by atoms with Crippen LogP contribution >= 0.6 is 11.6 Å². The van der Waals surface area contributed by atoms with Crippen molar-refractivity contribution in [3.63, 3.8) is 0 Å². The molecule has 1 amide bonds. The van der Waals surface area contributed by atoms with E-state index in [1.165, 1.54) is 18.2 Å². The molecule has 0 radical (unpaired) electrons. The van der Waals surface area contributed by atoms with Gasteiger partial charge in [-0.15, -0.1) is 5.10 Å². The third kappa shape index (κ3) is 6.24. The van der Waals surface area contributed by atoms with Crippen molar-refractivity contribution in [2.75, 3.05) is 0 Å². The molecule has 0 aliphatic carbocycles. The molecule has 10 heteroatoms. The van der Waals surface area contributed by atoms with Crippen molar-refractivity contribution in [2.45, 2.75) is 33.9 Å². The third-order valence-corrected chi connectivity index (χ3v) is 4.92. The fourth-order valence-corrected chi connectivity index (χ4v) is 3.10. The quantitative estimate of drug-likeness (QED) is 0.238. The highest BCUT2D eigenvalue weighted by Crippen LogP contribution is 2.29. The number of aryl methyl sites for hydroxylation is 3. The topological polar surface area (TPSA) is 86.1 Å². The number of halogens is 2. The van der Waals surface area contributed by atoms with Gasteiger partial charge in [0.05, 0.1) is 17.3 Å². The van der Waals surface area contributed by atoms with E-state index in [4.69, 9.17) is 26.1 Å². The molecular weight excluding hydrogens is 451 g/mol. The van der Waals surface area contributed by atoms with E-state index in [0.29, 0.717) is 11.3 Å². The molecule has 0 aliphatic rings. The second-order valence-electron chi connectivity index (χ2n) is 7.21. The van der Waals surface area contributed by atoms with Gasteiger partial charge in [0.15, 0.2) is 11.6 Å². The summed E-state index contributed by atoms with van der Waals surface area (Å²) in [7, 11) is 0. The van der Waals surface area contributed by atoms with Crippen LogP contribution in [0.3, 0.4) is 0 Å². The molecular formula is C23H22ClFN4O4. The van der Waals surface area contributed by atoms with Crippen molar-refractivity contribution in [3.05, 3.63) is 81.3 Å². The van der Waals surface area contributed by atoms with Crippen molar-refractivity contribution < 1.29 is 23.7 Å². The standard InChI is InChI=1S/C23H22ClFN4O4/c1-14-8-9-17(15(2)10-14)12-29(26-4)23(30)33-31-13-18-11-16(3)27-28-22(18)32-20-7-5-6-19(24)21(20)25/h5-11H,4,12-13H2,1-3H3. The summed E-state index contributed by atoms with van der Waals surface area (Å²) >= 11 is 5.79. The van der Waals surface area contributed by atoms with Gasteiger partial charge in [-0.1, -0.05) is 41.4 Å². The number of amides is 1. The summed E-state index contributed by atoms with van der Waals surface area (Å²) in [4.78, 5) is 22.4. The molecule has 0 atom stereocenters. The van der Waals surface area contributed by atoms with E-state index in [1.54, 1.807) is 13.0 Å². The van der Waals surface area contributed by atoms with Crippen molar-refractivity contribution >= 4 is 24.4 Å². The summed E-state index contributed by atoms with van der Waals surface area (Å²) in [5.74, 6) is -0.889. The van der Waals surface area contributed by atoms with Crippen LogP contribution in [0.1, 0.15) is 27.9 Å². The van der Waals surface area contributed by atoms with Crippen LogP contribution in [0, 0.1) is 26.6 Å². The number of aromatic nitrogens is 2. The number of ether oxygens (including phenoxy) is 1. The molecule has 1 aromatic heterocycles. The lowest BCUT2D eigenvalue weighted by atomic mass is 10.1. The minimum Gasteiger partial charge on any atom is -0.434 e. The Morgan fingerprint density at radius 1 is 1.15 bits per heavy atom. The lowest BCUT2D eigenvalue weighted by Crippen LogP contribution is -2.26. The maximum Gasteiger partial charge on any atom is 0.461 e. The largest absolute Gasteiger partial charge is 0.461 e. The van der Waals surface area contributed by atoms with E-state index in [0.717, 1.165) is 21.7 Å². The Kier molecular flexibility index (Phi) is 7.92. The van der Waals surface area contributed by atoms with E-state index < -0.39 is 11.9 Å². The predicted octanol–water partition coefficient (Wildman–Crippen LogP) is 5.67. The summed E-state index contributed by atoms with van der Waals surface area (Å²) in [5.41, 5.74) is 3.94. The van der Waals surface area contributed by atoms with E-state index >= 15 is 0 Å². The summed E-state index contributed by atoms with van der Waals surface area (Å²) in [6.45, 7) is 8.98. The number of benzene rings is 2. The van der Waals surface area contributed by atoms with Crippen LogP contribution in [0.15, 0.2) is 47.6 Å². The molecule has 0 saturated carbocycles. The molecule has 1 heterocycles. The fraction of sp³-hybridized carbons (Fsp3) is 0.217. The Balaban J connectivity index is 1.65. The van der Waals surface area contributed by atoms with Gasteiger partial charge in [0.25, 0.3) is 0 Å². The van der Waals surface area contributed by atoms with E-state index in [-0.39, 0.29) is 29.8 Å². The van der Waals surface area contributed by atoms with Crippen molar-refractivity contribution in [1.29, 1.82) is 0 Å². The first-order valence-corrected chi connectivity index (χ1v) is 10.2. The Morgan fingerprint density at radius 3 is 2.67 bits per heavy atom. The molecule has 172 valence electrons. The highest BCUT2D eigenvalue weighted by molar-refractivity contribution is 6.30. The number of rotatable bonds is 8. The number of carbonyl (C=O) groups excluding carboxylic acids is 1. The van der Waals surface area contributed by atoms with Crippen molar-refractivity contribution in [1.82, 2.24) is 15.2 Å². The van der Waals surface area contributed by atoms with Crippen LogP contribution in [-0.2, 0) is 22.9 Å². The lowest BCUT2D eigenvalue weighted by Gasteiger charge is -2.17. The second-order valence-corrected chi connectivity index (χ2v) is 7.62. The summed E-state index contributed by atoms with van der Waals surface area (Å²) in [6, 6.07) is 11.8. The first-order valence-electron chi connectivity index (χ1n) is 9.87. The van der Waals surface area contributed by atoms with Gasteiger partial charge in [-0.05, 0) is 50.1 Å². The molecule has 0 saturated heterocycles. The molecule has 3 rings (SSSR count). The minimum absolute atomic E-state index is 0.0215. The van der Waals surface area contributed by atoms with Gasteiger partial charge in [-0.2, -0.15) is 20.1 Å². The van der Waals surface area contributed by atoms with Gasteiger partial charge in [0.1, 0.15) is 6.61 Å². The monoisotopic (exact) mass is 472 g/mol. The van der Waals surface area contributed by atoms with E-state index in [1.807, 2.05) is 32.0 Å². The van der Waals surface area contributed by atoms with Gasteiger partial charge in [0, 0.05) is 12.3 Å². The molecule has 0 N–H and O–H groups in total. The zero-order chi connectivity index (χ0) is 24.0. The average molecular weight is 473 g/mol. The molecule has 8 nitrogen and oxygen atoms in total. The molecule has 0 fully saturated rings. The van der Waals surface area contributed by atoms with Crippen molar-refractivity contribution in [3.8, 4) is 11.6 Å². The maximum absolute atomic E-state index is 14.2. The third-order valence-electron chi connectivity index (χ3n) is 4.62. The zero-order valence-electron chi connectivity index (χ0n) is 18.3. The van der Waals surface area contributed by atoms with Crippen LogP contribution < -0.4 is 4.74 Å². The normalized spacial score (nSPS) is 10.6. The summed E-state index contributed by atoms with van der Waals surface area (Å²) in [5, 5.41) is 12.5. The van der Waals surface area contributed by atoms with Crippen LogP contribution in [0.25, 0.3) is 0 Å². The number of carbonyl (C=O) groups is 1. The molecule has 3 aromatic rings. The molecule has 0 unspecified atom stereocenters. The number of hydrogen-bond acceptors (Lipinski definition) is 7. The number of nitrogens with zero attached hydrogens (tertiary/aromatic N) is 4. The highest BCUT2D eigenvalue weighted by Gasteiger charge is 2.18. The lowest BCUT2D eigenvalue weighted by molar-refractivity contribution is -0.256. The van der Waals surface area contributed by atoms with Gasteiger partial charge in [-0.25, -0.2) is 9.18 Å². The van der Waals surface area contributed by atoms with Crippen LogP contribution in [0.4, 0.5) is 9.18 Å². The second kappa shape index (κ2) is 10.8. The van der Waals surface area contributed by atoms with E-state index in [2.05, 4.69) is 22.0 Å². The summed E-state index contributed by atoms with van der Waals surface area (Å²) in [6.07, 6.45) is -0.855. The SMILES string of the molecule is C=NN(Cc1ccc(C)cc1C)C(=O)OOCc1cc(C)nnc1Oc1cccc(Cl)c1F. The first-order chi connectivity index (χ1) is 15.8. The van der Waals surface area contributed by atoms with Gasteiger partial charge in [0.2, 0.25) is 5.88 Å². The smallest absolute Gasteiger partial charge is 0.434 e. The average Bonchev–Trinajstić information content (AvgIpc) is 2.78. The maximum atomic E-state index is 14.2. The molecule has 0 spiro atoms. The van der Waals surface area contributed by atoms with Crippen LogP contribution in [0.5, 0.6) is 11.6 Å². The van der Waals surface area contributed by atoms with Gasteiger partial charge >= 0.3 is 6.09 Å². The Labute approximate surface area is 195 Å². The first kappa shape index (κ1) is 24.1. The van der Waals surface area contributed by atoms with Crippen LogP contribution in [0.2, 0.25) is 5.02 Å². The molecule has 0 bridgehead atoms. The fourth-order valence-electron chi connectivity index (χ4n) is 2.93. The highest BCUT2D eigenvalue weighted by atomic mass is 35.5.